The van der Waals surface area contributed by atoms with Crippen molar-refractivity contribution < 1.29 is 23.0 Å². The molecular weight excluding hydrogens is 290 g/mol. The van der Waals surface area contributed by atoms with E-state index in [0.717, 1.165) is 6.39 Å². The number of nitrogens with zero attached hydrogens (tertiary/aromatic N) is 3. The standard InChI is InChI=1S/C11H8F2N4O4/c12-6-1-2-7(17(19)20)10(13)9(6)11(18)14-4-3-8-15-5-21-16-8/h1-2,5H,3-4H2,(H,14,18). The number of nitrogens with one attached hydrogen (secondary N) is 1. The molecule has 110 valence electrons. The summed E-state index contributed by atoms with van der Waals surface area (Å²) in [6, 6.07) is 1.32. The fraction of sp³-hybridized carbons (Fsp3) is 0.182. The number of hydrogen-bond donors (Lipinski definition) is 1. The van der Waals surface area contributed by atoms with Crippen LogP contribution in [-0.2, 0) is 6.42 Å². The first-order valence-corrected chi connectivity index (χ1v) is 5.66. The van der Waals surface area contributed by atoms with Gasteiger partial charge >= 0.3 is 5.69 Å². The second-order valence-electron chi connectivity index (χ2n) is 3.87. The number of carbonyl (C=O) groups is 1. The number of amides is 1. The number of carbonyl (C=O) groups excluding carboxylic acids is 1. The maximum absolute atomic E-state index is 13.8. The summed E-state index contributed by atoms with van der Waals surface area (Å²) in [7, 11) is 0. The lowest BCUT2D eigenvalue weighted by Gasteiger charge is -2.06. The number of rotatable bonds is 5. The molecule has 0 atom stereocenters. The van der Waals surface area contributed by atoms with Crippen molar-refractivity contribution in [2.24, 2.45) is 0 Å². The van der Waals surface area contributed by atoms with Crippen molar-refractivity contribution in [3.05, 3.63) is 51.7 Å². The number of hydrogen-bond acceptors (Lipinski definition) is 6. The zero-order chi connectivity index (χ0) is 15.4. The van der Waals surface area contributed by atoms with Crippen LogP contribution < -0.4 is 5.32 Å². The van der Waals surface area contributed by atoms with Crippen molar-refractivity contribution in [3.63, 3.8) is 0 Å². The first kappa shape index (κ1) is 14.5. The first-order chi connectivity index (χ1) is 10.0. The average Bonchev–Trinajstić information content (AvgIpc) is 2.91. The predicted octanol–water partition coefficient (Wildman–Crippen LogP) is 1.23. The van der Waals surface area contributed by atoms with E-state index in [9.17, 15) is 23.7 Å². The second kappa shape index (κ2) is 6.03. The summed E-state index contributed by atoms with van der Waals surface area (Å²) in [5.41, 5.74) is -1.97. The molecule has 0 saturated heterocycles. The number of benzene rings is 1. The SMILES string of the molecule is O=C(NCCc1ncon1)c1c(F)ccc([N+](=O)[O-])c1F. The van der Waals surface area contributed by atoms with Crippen molar-refractivity contribution in [3.8, 4) is 0 Å². The van der Waals surface area contributed by atoms with E-state index in [1.807, 2.05) is 0 Å². The topological polar surface area (TPSA) is 111 Å². The van der Waals surface area contributed by atoms with Gasteiger partial charge in [0.2, 0.25) is 12.2 Å². The van der Waals surface area contributed by atoms with Crippen LogP contribution in [0.4, 0.5) is 14.5 Å². The third kappa shape index (κ3) is 3.16. The Morgan fingerprint density at radius 3 is 2.81 bits per heavy atom. The van der Waals surface area contributed by atoms with Crippen LogP contribution in [0.25, 0.3) is 0 Å². The number of nitro groups is 1. The van der Waals surface area contributed by atoms with Crippen molar-refractivity contribution >= 4 is 11.6 Å². The molecule has 2 aromatic rings. The molecular formula is C11H8F2N4O4. The largest absolute Gasteiger partial charge is 0.351 e. The van der Waals surface area contributed by atoms with Gasteiger partial charge < -0.3 is 9.84 Å². The van der Waals surface area contributed by atoms with Crippen LogP contribution in [0.5, 0.6) is 0 Å². The molecule has 0 spiro atoms. The van der Waals surface area contributed by atoms with E-state index in [0.29, 0.717) is 18.0 Å². The smallest absolute Gasteiger partial charge is 0.305 e. The lowest BCUT2D eigenvalue weighted by Crippen LogP contribution is -2.28. The van der Waals surface area contributed by atoms with E-state index < -0.39 is 33.7 Å². The van der Waals surface area contributed by atoms with Gasteiger partial charge in [-0.2, -0.15) is 9.37 Å². The molecule has 0 saturated carbocycles. The van der Waals surface area contributed by atoms with Gasteiger partial charge in [0.1, 0.15) is 11.4 Å². The fourth-order valence-corrected chi connectivity index (χ4v) is 1.57. The summed E-state index contributed by atoms with van der Waals surface area (Å²) < 4.78 is 31.7. The Labute approximate surface area is 115 Å². The number of halogens is 2. The Hall–Kier alpha value is -2.91. The van der Waals surface area contributed by atoms with Gasteiger partial charge in [-0.25, -0.2) is 4.39 Å². The van der Waals surface area contributed by atoms with Crippen LogP contribution in [-0.4, -0.2) is 27.5 Å². The molecule has 0 unspecified atom stereocenters. The zero-order valence-electron chi connectivity index (χ0n) is 10.4. The Morgan fingerprint density at radius 2 is 2.19 bits per heavy atom. The van der Waals surface area contributed by atoms with E-state index in [-0.39, 0.29) is 13.0 Å². The molecule has 2 rings (SSSR count). The van der Waals surface area contributed by atoms with Gasteiger partial charge in [0.05, 0.1) is 4.92 Å². The van der Waals surface area contributed by atoms with E-state index in [1.54, 1.807) is 0 Å². The van der Waals surface area contributed by atoms with Gasteiger partial charge in [0.25, 0.3) is 5.91 Å². The summed E-state index contributed by atoms with van der Waals surface area (Å²) in [6.45, 7) is -0.0139. The maximum Gasteiger partial charge on any atom is 0.305 e. The molecule has 1 aromatic heterocycles. The highest BCUT2D eigenvalue weighted by molar-refractivity contribution is 5.95. The minimum Gasteiger partial charge on any atom is -0.351 e. The normalized spacial score (nSPS) is 10.4. The monoisotopic (exact) mass is 298 g/mol. The average molecular weight is 298 g/mol. The summed E-state index contributed by atoms with van der Waals surface area (Å²) in [4.78, 5) is 24.9. The highest BCUT2D eigenvalue weighted by Gasteiger charge is 2.25. The molecule has 1 N–H and O–H groups in total. The highest BCUT2D eigenvalue weighted by Crippen LogP contribution is 2.22. The summed E-state index contributed by atoms with van der Waals surface area (Å²) in [6.07, 6.45) is 1.28. The summed E-state index contributed by atoms with van der Waals surface area (Å²) in [5.74, 6) is -3.50. The predicted molar refractivity (Wildman–Crippen MR) is 63.3 cm³/mol. The van der Waals surface area contributed by atoms with Gasteiger partial charge in [-0.3, -0.25) is 14.9 Å². The molecule has 1 heterocycles. The molecule has 8 nitrogen and oxygen atoms in total. The lowest BCUT2D eigenvalue weighted by molar-refractivity contribution is -0.387. The summed E-state index contributed by atoms with van der Waals surface area (Å²) in [5, 5.41) is 16.3. The van der Waals surface area contributed by atoms with Gasteiger partial charge in [-0.05, 0) is 6.07 Å². The fourth-order valence-electron chi connectivity index (χ4n) is 1.57. The van der Waals surface area contributed by atoms with Gasteiger partial charge in [-0.15, -0.1) is 0 Å². The minimum atomic E-state index is -1.52. The molecule has 0 aliphatic carbocycles. The number of nitro benzene ring substituents is 1. The van der Waals surface area contributed by atoms with Gasteiger partial charge in [-0.1, -0.05) is 5.16 Å². The lowest BCUT2D eigenvalue weighted by atomic mass is 10.1. The molecule has 21 heavy (non-hydrogen) atoms. The van der Waals surface area contributed by atoms with Gasteiger partial charge in [0, 0.05) is 19.0 Å². The summed E-state index contributed by atoms with van der Waals surface area (Å²) >= 11 is 0. The van der Waals surface area contributed by atoms with Crippen molar-refractivity contribution in [2.75, 3.05) is 6.54 Å². The highest BCUT2D eigenvalue weighted by atomic mass is 19.1. The first-order valence-electron chi connectivity index (χ1n) is 5.66. The van der Waals surface area contributed by atoms with Crippen LogP contribution in [0, 0.1) is 21.7 Å². The molecule has 1 amide bonds. The quantitative estimate of drug-likeness (QED) is 0.656. The van der Waals surface area contributed by atoms with Gasteiger partial charge in [0.15, 0.2) is 5.82 Å². The molecule has 1 aromatic carbocycles. The Balaban J connectivity index is 2.11. The van der Waals surface area contributed by atoms with Crippen LogP contribution in [0.3, 0.4) is 0 Å². The van der Waals surface area contributed by atoms with E-state index in [1.165, 1.54) is 0 Å². The Kier molecular flexibility index (Phi) is 4.16. The molecule has 0 fully saturated rings. The molecule has 0 aliphatic rings. The number of aromatic nitrogens is 2. The van der Waals surface area contributed by atoms with Crippen molar-refractivity contribution in [1.29, 1.82) is 0 Å². The van der Waals surface area contributed by atoms with E-state index in [4.69, 9.17) is 0 Å². The molecule has 10 heteroatoms. The zero-order valence-corrected chi connectivity index (χ0v) is 10.4. The third-order valence-corrected chi connectivity index (χ3v) is 2.54. The molecule has 0 radical (unpaired) electrons. The second-order valence-corrected chi connectivity index (χ2v) is 3.87. The molecule has 0 bridgehead atoms. The Morgan fingerprint density at radius 1 is 1.43 bits per heavy atom. The van der Waals surface area contributed by atoms with E-state index >= 15 is 0 Å². The van der Waals surface area contributed by atoms with Crippen LogP contribution in [0.1, 0.15) is 16.2 Å². The minimum absolute atomic E-state index is 0.0139. The third-order valence-electron chi connectivity index (χ3n) is 2.54. The van der Waals surface area contributed by atoms with Crippen molar-refractivity contribution in [1.82, 2.24) is 15.5 Å². The van der Waals surface area contributed by atoms with Crippen LogP contribution in [0.2, 0.25) is 0 Å². The van der Waals surface area contributed by atoms with Crippen molar-refractivity contribution in [2.45, 2.75) is 6.42 Å². The van der Waals surface area contributed by atoms with Crippen LogP contribution >= 0.6 is 0 Å². The van der Waals surface area contributed by atoms with E-state index in [2.05, 4.69) is 20.0 Å². The Bertz CT molecular complexity index is 675. The van der Waals surface area contributed by atoms with Crippen LogP contribution in [0.15, 0.2) is 23.0 Å². The maximum atomic E-state index is 13.8. The molecule has 0 aliphatic heterocycles.